The number of hydrogen-bond donors (Lipinski definition) is 1. The third-order valence-electron chi connectivity index (χ3n) is 5.42. The van der Waals surface area contributed by atoms with Crippen molar-refractivity contribution in [3.63, 3.8) is 0 Å². The normalized spacial score (nSPS) is 20.8. The number of ether oxygens (including phenoxy) is 1. The van der Waals surface area contributed by atoms with Gasteiger partial charge in [-0.05, 0) is 36.1 Å². The molecule has 1 aromatic heterocycles. The number of halogens is 1. The second-order valence-electron chi connectivity index (χ2n) is 7.13. The molecule has 2 aromatic rings. The molecule has 1 aromatic carbocycles. The Morgan fingerprint density at radius 1 is 1.33 bits per heavy atom. The standard InChI is InChI=1S/C19H16ClN5O2/c20-12-1-10-3-13(4-15(10)11(2-12)5-21)23-19-22-6-16-17(24-19)7-25(18(16)26)14-8-27-9-14/h1-2,6,13-14H,3-4,7-9H2,(H,22,23,24). The van der Waals surface area contributed by atoms with Crippen molar-refractivity contribution < 1.29 is 9.53 Å². The van der Waals surface area contributed by atoms with Gasteiger partial charge >= 0.3 is 0 Å². The highest BCUT2D eigenvalue weighted by atomic mass is 35.5. The molecule has 1 amide bonds. The number of anilines is 1. The molecule has 0 spiro atoms. The van der Waals surface area contributed by atoms with Crippen LogP contribution in [0.25, 0.3) is 0 Å². The van der Waals surface area contributed by atoms with E-state index in [0.717, 1.165) is 29.7 Å². The molecule has 7 nitrogen and oxygen atoms in total. The molecule has 136 valence electrons. The molecular weight excluding hydrogens is 366 g/mol. The van der Waals surface area contributed by atoms with Crippen LogP contribution in [0.2, 0.25) is 5.02 Å². The zero-order valence-corrected chi connectivity index (χ0v) is 15.2. The maximum atomic E-state index is 12.5. The number of nitriles is 1. The summed E-state index contributed by atoms with van der Waals surface area (Å²) in [6.45, 7) is 1.67. The second-order valence-corrected chi connectivity index (χ2v) is 7.57. The topological polar surface area (TPSA) is 91.1 Å². The predicted octanol–water partition coefficient (Wildman–Crippen LogP) is 1.94. The summed E-state index contributed by atoms with van der Waals surface area (Å²) in [5.74, 6) is 0.488. The predicted molar refractivity (Wildman–Crippen MR) is 97.5 cm³/mol. The SMILES string of the molecule is N#Cc1cc(Cl)cc2c1CC(Nc1ncc3c(n1)CN(C1COC1)C3=O)C2. The van der Waals surface area contributed by atoms with E-state index in [4.69, 9.17) is 16.3 Å². The minimum atomic E-state index is -0.0218. The van der Waals surface area contributed by atoms with Crippen LogP contribution in [0.15, 0.2) is 18.3 Å². The fraction of sp³-hybridized carbons (Fsp3) is 0.368. The van der Waals surface area contributed by atoms with E-state index >= 15 is 0 Å². The Morgan fingerprint density at radius 3 is 2.93 bits per heavy atom. The van der Waals surface area contributed by atoms with E-state index in [1.54, 1.807) is 17.2 Å². The van der Waals surface area contributed by atoms with E-state index in [0.29, 0.717) is 41.9 Å². The van der Waals surface area contributed by atoms with Crippen LogP contribution in [0.4, 0.5) is 5.95 Å². The molecule has 0 bridgehead atoms. The second kappa shape index (κ2) is 6.19. The summed E-state index contributed by atoms with van der Waals surface area (Å²) in [5.41, 5.74) is 4.07. The van der Waals surface area contributed by atoms with Crippen LogP contribution in [0.3, 0.4) is 0 Å². The van der Waals surface area contributed by atoms with Crippen molar-refractivity contribution in [2.24, 2.45) is 0 Å². The van der Waals surface area contributed by atoms with Crippen molar-refractivity contribution >= 4 is 23.5 Å². The van der Waals surface area contributed by atoms with Gasteiger partial charge in [0, 0.05) is 17.3 Å². The Labute approximate surface area is 160 Å². The summed E-state index contributed by atoms with van der Waals surface area (Å²) in [6.07, 6.45) is 3.09. The number of aromatic nitrogens is 2. The molecule has 1 atom stereocenters. The fourth-order valence-electron chi connectivity index (χ4n) is 3.96. The van der Waals surface area contributed by atoms with Crippen molar-refractivity contribution in [2.45, 2.75) is 31.5 Å². The molecule has 2 aliphatic heterocycles. The maximum absolute atomic E-state index is 12.5. The van der Waals surface area contributed by atoms with Crippen LogP contribution < -0.4 is 5.32 Å². The van der Waals surface area contributed by atoms with Crippen LogP contribution in [0, 0.1) is 11.3 Å². The summed E-state index contributed by atoms with van der Waals surface area (Å²) in [6, 6.07) is 6.08. The van der Waals surface area contributed by atoms with Gasteiger partial charge in [-0.3, -0.25) is 4.79 Å². The van der Waals surface area contributed by atoms with Gasteiger partial charge in [0.2, 0.25) is 5.95 Å². The number of carbonyl (C=O) groups excluding carboxylic acids is 1. The highest BCUT2D eigenvalue weighted by Crippen LogP contribution is 2.31. The fourth-order valence-corrected chi connectivity index (χ4v) is 4.20. The van der Waals surface area contributed by atoms with Gasteiger partial charge in [-0.1, -0.05) is 11.6 Å². The molecule has 8 heteroatoms. The Hall–Kier alpha value is -2.69. The number of nitrogens with one attached hydrogen (secondary N) is 1. The molecule has 1 saturated heterocycles. The zero-order valence-electron chi connectivity index (χ0n) is 14.4. The van der Waals surface area contributed by atoms with Crippen LogP contribution >= 0.6 is 11.6 Å². The molecule has 0 saturated carbocycles. The molecule has 3 aliphatic rings. The lowest BCUT2D eigenvalue weighted by molar-refractivity contribution is -0.0542. The molecule has 3 heterocycles. The average molecular weight is 382 g/mol. The molecule has 5 rings (SSSR count). The minimum absolute atomic E-state index is 0.0218. The van der Waals surface area contributed by atoms with E-state index in [-0.39, 0.29) is 18.0 Å². The lowest BCUT2D eigenvalue weighted by Crippen LogP contribution is -2.48. The monoisotopic (exact) mass is 381 g/mol. The van der Waals surface area contributed by atoms with Crippen LogP contribution in [0.1, 0.15) is 32.7 Å². The number of hydrogen-bond acceptors (Lipinski definition) is 6. The molecule has 1 N–H and O–H groups in total. The number of carbonyl (C=O) groups is 1. The number of rotatable bonds is 3. The minimum Gasteiger partial charge on any atom is -0.377 e. The van der Waals surface area contributed by atoms with Crippen molar-refractivity contribution in [1.29, 1.82) is 5.26 Å². The molecular formula is C19H16ClN5O2. The quantitative estimate of drug-likeness (QED) is 0.873. The van der Waals surface area contributed by atoms with Crippen molar-refractivity contribution in [2.75, 3.05) is 18.5 Å². The summed E-state index contributed by atoms with van der Waals surface area (Å²) >= 11 is 6.11. The van der Waals surface area contributed by atoms with Crippen LogP contribution in [-0.2, 0) is 24.1 Å². The number of fused-ring (bicyclic) bond motifs is 2. The largest absolute Gasteiger partial charge is 0.377 e. The first kappa shape index (κ1) is 16.5. The number of amides is 1. The molecule has 0 radical (unpaired) electrons. The zero-order chi connectivity index (χ0) is 18.5. The van der Waals surface area contributed by atoms with E-state index in [1.807, 2.05) is 6.07 Å². The molecule has 1 unspecified atom stereocenters. The highest BCUT2D eigenvalue weighted by molar-refractivity contribution is 6.30. The van der Waals surface area contributed by atoms with Gasteiger partial charge in [-0.25, -0.2) is 9.97 Å². The van der Waals surface area contributed by atoms with Crippen molar-refractivity contribution in [3.8, 4) is 6.07 Å². The van der Waals surface area contributed by atoms with Gasteiger partial charge in [-0.15, -0.1) is 0 Å². The van der Waals surface area contributed by atoms with Crippen molar-refractivity contribution in [3.05, 3.63) is 51.3 Å². The Morgan fingerprint density at radius 2 is 2.19 bits per heavy atom. The molecule has 1 fully saturated rings. The maximum Gasteiger partial charge on any atom is 0.258 e. The summed E-state index contributed by atoms with van der Waals surface area (Å²) < 4.78 is 5.19. The summed E-state index contributed by atoms with van der Waals surface area (Å²) in [5, 5.41) is 13.3. The van der Waals surface area contributed by atoms with E-state index < -0.39 is 0 Å². The van der Waals surface area contributed by atoms with Gasteiger partial charge in [0.25, 0.3) is 5.91 Å². The lowest BCUT2D eigenvalue weighted by Gasteiger charge is -2.34. The van der Waals surface area contributed by atoms with Crippen molar-refractivity contribution in [1.82, 2.24) is 14.9 Å². The van der Waals surface area contributed by atoms with Gasteiger partial charge in [0.05, 0.1) is 48.7 Å². The van der Waals surface area contributed by atoms with Gasteiger partial charge < -0.3 is 15.0 Å². The first-order valence-corrected chi connectivity index (χ1v) is 9.22. The summed E-state index contributed by atoms with van der Waals surface area (Å²) in [7, 11) is 0. The number of nitrogens with zero attached hydrogens (tertiary/aromatic N) is 4. The van der Waals surface area contributed by atoms with E-state index in [2.05, 4.69) is 21.4 Å². The van der Waals surface area contributed by atoms with E-state index in [9.17, 15) is 10.1 Å². The van der Waals surface area contributed by atoms with Crippen LogP contribution in [0.5, 0.6) is 0 Å². The van der Waals surface area contributed by atoms with Gasteiger partial charge in [0.1, 0.15) is 0 Å². The van der Waals surface area contributed by atoms with Gasteiger partial charge in [0.15, 0.2) is 0 Å². The smallest absolute Gasteiger partial charge is 0.258 e. The third kappa shape index (κ3) is 2.73. The summed E-state index contributed by atoms with van der Waals surface area (Å²) in [4.78, 5) is 23.2. The highest BCUT2D eigenvalue weighted by Gasteiger charge is 2.37. The average Bonchev–Trinajstić information content (AvgIpc) is 3.13. The Balaban J connectivity index is 1.34. The van der Waals surface area contributed by atoms with Crippen LogP contribution in [-0.4, -0.2) is 46.1 Å². The molecule has 1 aliphatic carbocycles. The number of benzene rings is 1. The Kier molecular flexibility index (Phi) is 3.78. The molecule has 27 heavy (non-hydrogen) atoms. The van der Waals surface area contributed by atoms with Gasteiger partial charge in [-0.2, -0.15) is 5.26 Å². The first-order valence-electron chi connectivity index (χ1n) is 8.85. The first-order chi connectivity index (χ1) is 13.1. The third-order valence-corrected chi connectivity index (χ3v) is 5.64. The van der Waals surface area contributed by atoms with E-state index in [1.165, 1.54) is 0 Å². The lowest BCUT2D eigenvalue weighted by atomic mass is 10.0. The Bertz CT molecular complexity index is 998.